The monoisotopic (exact) mass is 420 g/mol. The van der Waals surface area contributed by atoms with Crippen molar-refractivity contribution in [2.75, 3.05) is 13.2 Å². The molecule has 2 aromatic heterocycles. The van der Waals surface area contributed by atoms with Crippen molar-refractivity contribution in [3.8, 4) is 0 Å². The Bertz CT molecular complexity index is 1060. The van der Waals surface area contributed by atoms with Gasteiger partial charge in [-0.25, -0.2) is 0 Å². The molecular formula is C25H32N4O2. The highest BCUT2D eigenvalue weighted by atomic mass is 16.5. The number of fused-ring (bicyclic) bond motifs is 1. The van der Waals surface area contributed by atoms with Crippen LogP contribution in [0.5, 0.6) is 0 Å². The van der Waals surface area contributed by atoms with Gasteiger partial charge >= 0.3 is 0 Å². The smallest absolute Gasteiger partial charge is 0.296 e. The van der Waals surface area contributed by atoms with Gasteiger partial charge in [-0.2, -0.15) is 0 Å². The van der Waals surface area contributed by atoms with E-state index in [1.165, 1.54) is 44.1 Å². The summed E-state index contributed by atoms with van der Waals surface area (Å²) in [7, 11) is 0. The third-order valence-electron chi connectivity index (χ3n) is 7.01. The Morgan fingerprint density at radius 3 is 2.42 bits per heavy atom. The van der Waals surface area contributed by atoms with E-state index in [0.717, 1.165) is 50.5 Å². The molecule has 0 unspecified atom stereocenters. The average Bonchev–Trinajstić information content (AvgIpc) is 3.06. The maximum Gasteiger partial charge on any atom is 0.296 e. The molecule has 3 heterocycles. The van der Waals surface area contributed by atoms with Crippen molar-refractivity contribution in [3.63, 3.8) is 0 Å². The number of hydrogen-bond donors (Lipinski definition) is 0. The van der Waals surface area contributed by atoms with E-state index in [0.29, 0.717) is 17.5 Å². The van der Waals surface area contributed by atoms with Crippen molar-refractivity contribution in [2.24, 2.45) is 5.92 Å². The molecule has 0 bridgehead atoms. The molecule has 1 aliphatic carbocycles. The van der Waals surface area contributed by atoms with Crippen molar-refractivity contribution in [3.05, 3.63) is 64.0 Å². The predicted octanol–water partition coefficient (Wildman–Crippen LogP) is 4.35. The summed E-state index contributed by atoms with van der Waals surface area (Å²) in [5.41, 5.74) is 2.74. The molecule has 1 saturated heterocycles. The van der Waals surface area contributed by atoms with E-state index in [9.17, 15) is 4.79 Å². The van der Waals surface area contributed by atoms with Crippen LogP contribution in [-0.2, 0) is 17.7 Å². The Hall–Kier alpha value is -2.47. The molecule has 6 heteroatoms. The highest BCUT2D eigenvalue weighted by Crippen LogP contribution is 2.27. The first-order chi connectivity index (χ1) is 15.3. The second-order valence-electron chi connectivity index (χ2n) is 9.19. The van der Waals surface area contributed by atoms with Gasteiger partial charge in [0.25, 0.3) is 5.56 Å². The van der Waals surface area contributed by atoms with E-state index in [2.05, 4.69) is 40.7 Å². The fraction of sp³-hybridized carbons (Fsp3) is 0.560. The maximum absolute atomic E-state index is 13.6. The number of benzene rings is 1. The zero-order valence-electron chi connectivity index (χ0n) is 18.2. The lowest BCUT2D eigenvalue weighted by Gasteiger charge is -2.22. The fourth-order valence-electron chi connectivity index (χ4n) is 5.23. The Balaban J connectivity index is 1.56. The SMILES string of the molecule is O=c1c2nnc(C3CCOCC3)n2cc(Cc2ccccc2)n1CC1CCCCCC1. The molecule has 31 heavy (non-hydrogen) atoms. The largest absolute Gasteiger partial charge is 0.381 e. The zero-order valence-corrected chi connectivity index (χ0v) is 18.2. The van der Waals surface area contributed by atoms with Gasteiger partial charge in [-0.15, -0.1) is 10.2 Å². The summed E-state index contributed by atoms with van der Waals surface area (Å²) < 4.78 is 9.50. The van der Waals surface area contributed by atoms with Gasteiger partial charge in [-0.1, -0.05) is 56.0 Å². The quantitative estimate of drug-likeness (QED) is 0.576. The molecule has 0 spiro atoms. The number of nitrogens with zero attached hydrogens (tertiary/aromatic N) is 4. The molecular weight excluding hydrogens is 388 g/mol. The van der Waals surface area contributed by atoms with E-state index < -0.39 is 0 Å². The second-order valence-corrected chi connectivity index (χ2v) is 9.19. The second kappa shape index (κ2) is 9.35. The number of rotatable bonds is 5. The van der Waals surface area contributed by atoms with Gasteiger partial charge in [-0.05, 0) is 37.2 Å². The lowest BCUT2D eigenvalue weighted by molar-refractivity contribution is 0.0834. The van der Waals surface area contributed by atoms with Crippen LogP contribution < -0.4 is 5.56 Å². The normalized spacial score (nSPS) is 19.0. The van der Waals surface area contributed by atoms with Crippen LogP contribution in [0.2, 0.25) is 0 Å². The van der Waals surface area contributed by atoms with Crippen LogP contribution in [0.3, 0.4) is 0 Å². The first kappa shape index (κ1) is 20.4. The first-order valence-corrected chi connectivity index (χ1v) is 11.9. The molecule has 0 N–H and O–H groups in total. The molecule has 0 radical (unpaired) electrons. The van der Waals surface area contributed by atoms with Crippen molar-refractivity contribution in [2.45, 2.75) is 70.3 Å². The van der Waals surface area contributed by atoms with Gasteiger partial charge in [0.1, 0.15) is 5.82 Å². The van der Waals surface area contributed by atoms with Crippen molar-refractivity contribution in [1.82, 2.24) is 19.2 Å². The lowest BCUT2D eigenvalue weighted by Crippen LogP contribution is -2.29. The molecule has 2 aliphatic rings. The van der Waals surface area contributed by atoms with Crippen LogP contribution in [0.4, 0.5) is 0 Å². The van der Waals surface area contributed by atoms with Crippen LogP contribution in [0, 0.1) is 5.92 Å². The maximum atomic E-state index is 13.6. The van der Waals surface area contributed by atoms with Gasteiger partial charge in [0.05, 0.1) is 0 Å². The minimum absolute atomic E-state index is 0.00323. The van der Waals surface area contributed by atoms with Gasteiger partial charge < -0.3 is 9.30 Å². The zero-order chi connectivity index (χ0) is 21.0. The summed E-state index contributed by atoms with van der Waals surface area (Å²) in [6, 6.07) is 10.4. The minimum Gasteiger partial charge on any atom is -0.381 e. The highest BCUT2D eigenvalue weighted by molar-refractivity contribution is 5.38. The van der Waals surface area contributed by atoms with Crippen LogP contribution in [0.15, 0.2) is 41.3 Å². The van der Waals surface area contributed by atoms with Gasteiger partial charge in [-0.3, -0.25) is 9.20 Å². The Morgan fingerprint density at radius 2 is 1.68 bits per heavy atom. The van der Waals surface area contributed by atoms with E-state index >= 15 is 0 Å². The van der Waals surface area contributed by atoms with Crippen LogP contribution >= 0.6 is 0 Å². The Kier molecular flexibility index (Phi) is 6.16. The third-order valence-corrected chi connectivity index (χ3v) is 7.01. The molecule has 0 atom stereocenters. The fourth-order valence-corrected chi connectivity index (χ4v) is 5.23. The number of aromatic nitrogens is 4. The Morgan fingerprint density at radius 1 is 0.935 bits per heavy atom. The number of ether oxygens (including phenoxy) is 1. The summed E-state index contributed by atoms with van der Waals surface area (Å²) in [5, 5.41) is 8.83. The summed E-state index contributed by atoms with van der Waals surface area (Å²) in [6.07, 6.45) is 12.3. The molecule has 1 aliphatic heterocycles. The van der Waals surface area contributed by atoms with E-state index in [1.54, 1.807) is 0 Å². The van der Waals surface area contributed by atoms with E-state index in [4.69, 9.17) is 4.74 Å². The average molecular weight is 421 g/mol. The van der Waals surface area contributed by atoms with Gasteiger partial charge in [0.2, 0.25) is 5.65 Å². The van der Waals surface area contributed by atoms with Crippen molar-refractivity contribution in [1.29, 1.82) is 0 Å². The standard InChI is InChI=1S/C25H32N4O2/c30-25-24-27-26-23(21-12-14-31-15-13-21)29(24)18-22(16-19-8-6-3-7-9-19)28(25)17-20-10-4-1-2-5-11-20/h3,6-9,18,20-21H,1-2,4-5,10-17H2. The molecule has 164 valence electrons. The van der Waals surface area contributed by atoms with Crippen molar-refractivity contribution >= 4 is 5.65 Å². The van der Waals surface area contributed by atoms with E-state index in [-0.39, 0.29) is 5.56 Å². The highest BCUT2D eigenvalue weighted by Gasteiger charge is 2.24. The molecule has 6 nitrogen and oxygen atoms in total. The summed E-state index contributed by atoms with van der Waals surface area (Å²) >= 11 is 0. The molecule has 5 rings (SSSR count). The first-order valence-electron chi connectivity index (χ1n) is 11.9. The third kappa shape index (κ3) is 4.45. The van der Waals surface area contributed by atoms with Gasteiger partial charge in [0, 0.05) is 44.0 Å². The summed E-state index contributed by atoms with van der Waals surface area (Å²) in [5.74, 6) is 1.77. The van der Waals surface area contributed by atoms with Gasteiger partial charge in [0.15, 0.2) is 0 Å². The summed E-state index contributed by atoms with van der Waals surface area (Å²) in [6.45, 7) is 2.28. The van der Waals surface area contributed by atoms with Crippen LogP contribution in [0.25, 0.3) is 5.65 Å². The molecule has 2 fully saturated rings. The number of hydrogen-bond acceptors (Lipinski definition) is 4. The lowest BCUT2D eigenvalue weighted by atomic mass is 9.99. The Labute approximate surface area is 183 Å². The van der Waals surface area contributed by atoms with Crippen LogP contribution in [0.1, 0.15) is 74.4 Å². The van der Waals surface area contributed by atoms with E-state index in [1.807, 2.05) is 15.0 Å². The van der Waals surface area contributed by atoms with Crippen molar-refractivity contribution < 1.29 is 4.74 Å². The minimum atomic E-state index is 0.00323. The molecule has 1 aromatic carbocycles. The summed E-state index contributed by atoms with van der Waals surface area (Å²) in [4.78, 5) is 13.6. The topological polar surface area (TPSA) is 61.4 Å². The predicted molar refractivity (Wildman–Crippen MR) is 120 cm³/mol. The molecule has 0 amide bonds. The van der Waals surface area contributed by atoms with Crippen LogP contribution in [-0.4, -0.2) is 32.4 Å². The molecule has 3 aromatic rings. The molecule has 1 saturated carbocycles.